The minimum atomic E-state index is -3.72. The molecule has 0 bridgehead atoms. The van der Waals surface area contributed by atoms with Gasteiger partial charge in [-0.3, -0.25) is 0 Å². The average molecular weight is 205 g/mol. The van der Waals surface area contributed by atoms with Gasteiger partial charge in [-0.2, -0.15) is 8.42 Å². The molecule has 1 aliphatic rings. The second-order valence-electron chi connectivity index (χ2n) is 2.41. The number of rotatable bonds is 0. The second kappa shape index (κ2) is 4.42. The number of hydrogen-bond donors (Lipinski definition) is 0. The molecule has 5 heteroatoms. The first-order valence-corrected chi connectivity index (χ1v) is 6.17. The largest absolute Gasteiger partial charge is 0.317 e. The third-order valence-corrected chi connectivity index (χ3v) is 1.39. The number of hydrogen-bond acceptors (Lipinski definition) is 2. The second-order valence-corrected chi connectivity index (χ2v) is 6.08. The Morgan fingerprint density at radius 1 is 1.30 bits per heavy atom. The Morgan fingerprint density at radius 2 is 1.50 bits per heavy atom. The monoisotopic (exact) mass is 204 g/mol. The highest BCUT2D eigenvalue weighted by Gasteiger charge is 2.09. The maximum Gasteiger partial charge on any atom is 0.317 e. The van der Waals surface area contributed by atoms with Crippen molar-refractivity contribution in [3.8, 4) is 0 Å². The molecule has 1 rings (SSSR count). The van der Waals surface area contributed by atoms with E-state index in [1.54, 1.807) is 0 Å². The summed E-state index contributed by atoms with van der Waals surface area (Å²) >= 11 is 0. The third-order valence-electron chi connectivity index (χ3n) is 1.39. The van der Waals surface area contributed by atoms with Crippen LogP contribution in [0.3, 0.4) is 0 Å². The van der Waals surface area contributed by atoms with Crippen molar-refractivity contribution in [2.24, 2.45) is 5.92 Å². The van der Waals surface area contributed by atoms with Gasteiger partial charge in [0.1, 0.15) is 0 Å². The van der Waals surface area contributed by atoms with Crippen LogP contribution >= 0.6 is 21.4 Å². The molecule has 0 aliphatic heterocycles. The van der Waals surface area contributed by atoms with Gasteiger partial charge >= 0.3 is 8.26 Å². The molecular formula is C5H10Cl2O2S. The summed E-state index contributed by atoms with van der Waals surface area (Å²) in [5.41, 5.74) is 0. The normalized spacial score (nSPS) is 18.7. The van der Waals surface area contributed by atoms with Gasteiger partial charge < -0.3 is 0 Å². The molecule has 0 amide bonds. The zero-order chi connectivity index (χ0) is 8.20. The van der Waals surface area contributed by atoms with E-state index >= 15 is 0 Å². The molecule has 0 N–H and O–H groups in total. The van der Waals surface area contributed by atoms with E-state index < -0.39 is 8.26 Å². The van der Waals surface area contributed by atoms with Gasteiger partial charge in [0.25, 0.3) is 0 Å². The van der Waals surface area contributed by atoms with Crippen LogP contribution in [-0.4, -0.2) is 8.42 Å². The molecule has 0 atom stereocenters. The van der Waals surface area contributed by atoms with E-state index in [0.717, 1.165) is 5.92 Å². The Kier molecular flexibility index (Phi) is 4.65. The molecule has 1 fully saturated rings. The van der Waals surface area contributed by atoms with Crippen molar-refractivity contribution in [2.45, 2.75) is 26.2 Å². The maximum absolute atomic E-state index is 9.16. The first kappa shape index (κ1) is 10.5. The molecular weight excluding hydrogens is 195 g/mol. The summed E-state index contributed by atoms with van der Waals surface area (Å²) in [5, 5.41) is 0. The van der Waals surface area contributed by atoms with Crippen LogP contribution < -0.4 is 0 Å². The molecule has 0 heterocycles. The van der Waals surface area contributed by atoms with Gasteiger partial charge in [-0.05, 0) is 5.92 Å². The molecule has 0 aromatic carbocycles. The van der Waals surface area contributed by atoms with Crippen molar-refractivity contribution in [3.05, 3.63) is 0 Å². The fraction of sp³-hybridized carbons (Fsp3) is 1.00. The Balaban J connectivity index is 0.000000162. The zero-order valence-corrected chi connectivity index (χ0v) is 8.01. The Hall–Kier alpha value is 0.530. The molecule has 1 aliphatic carbocycles. The van der Waals surface area contributed by atoms with Crippen molar-refractivity contribution in [1.29, 1.82) is 0 Å². The van der Waals surface area contributed by atoms with E-state index in [0.29, 0.717) is 0 Å². The predicted molar refractivity (Wildman–Crippen MR) is 43.6 cm³/mol. The molecule has 62 valence electrons. The van der Waals surface area contributed by atoms with Crippen LogP contribution in [0.25, 0.3) is 0 Å². The van der Waals surface area contributed by atoms with Crippen LogP contribution in [-0.2, 0) is 8.26 Å². The van der Waals surface area contributed by atoms with Crippen LogP contribution in [0.15, 0.2) is 0 Å². The molecule has 1 saturated carbocycles. The Labute approximate surface area is 70.4 Å². The smallest absolute Gasteiger partial charge is 0.195 e. The van der Waals surface area contributed by atoms with Crippen molar-refractivity contribution in [2.75, 3.05) is 0 Å². The van der Waals surface area contributed by atoms with Gasteiger partial charge in [0, 0.05) is 21.4 Å². The van der Waals surface area contributed by atoms with E-state index in [-0.39, 0.29) is 0 Å². The standard InChI is InChI=1S/C5H10.Cl2O2S/c1-5-3-2-4-5;1-5(2,3)4/h5H,2-4H2,1H3;. The predicted octanol–water partition coefficient (Wildman–Crippen LogP) is 2.52. The summed E-state index contributed by atoms with van der Waals surface area (Å²) < 4.78 is 18.3. The minimum absolute atomic E-state index is 1.06. The molecule has 10 heavy (non-hydrogen) atoms. The molecule has 2 nitrogen and oxygen atoms in total. The van der Waals surface area contributed by atoms with E-state index in [1.807, 2.05) is 0 Å². The first-order valence-electron chi connectivity index (χ1n) is 3.04. The summed E-state index contributed by atoms with van der Waals surface area (Å²) in [6.07, 6.45) is 4.46. The summed E-state index contributed by atoms with van der Waals surface area (Å²) in [7, 11) is 4.81. The summed E-state index contributed by atoms with van der Waals surface area (Å²) in [6, 6.07) is 0. The van der Waals surface area contributed by atoms with Gasteiger partial charge in [-0.1, -0.05) is 26.2 Å². The van der Waals surface area contributed by atoms with Crippen LogP contribution in [0, 0.1) is 5.92 Å². The highest BCUT2D eigenvalue weighted by Crippen LogP contribution is 2.24. The van der Waals surface area contributed by atoms with Crippen molar-refractivity contribution >= 4 is 29.6 Å². The van der Waals surface area contributed by atoms with Gasteiger partial charge in [0.15, 0.2) is 0 Å². The summed E-state index contributed by atoms with van der Waals surface area (Å²) in [6.45, 7) is 2.31. The lowest BCUT2D eigenvalue weighted by Gasteiger charge is -2.18. The highest BCUT2D eigenvalue weighted by molar-refractivity contribution is 8.31. The lowest BCUT2D eigenvalue weighted by Crippen LogP contribution is -2.04. The van der Waals surface area contributed by atoms with Gasteiger partial charge in [-0.15, -0.1) is 0 Å². The zero-order valence-electron chi connectivity index (χ0n) is 5.68. The van der Waals surface area contributed by atoms with Crippen LogP contribution in [0.4, 0.5) is 0 Å². The fourth-order valence-electron chi connectivity index (χ4n) is 0.612. The van der Waals surface area contributed by atoms with Gasteiger partial charge in [0.05, 0.1) is 0 Å². The van der Waals surface area contributed by atoms with Crippen molar-refractivity contribution in [3.63, 3.8) is 0 Å². The van der Waals surface area contributed by atoms with E-state index in [1.165, 1.54) is 19.3 Å². The quantitative estimate of drug-likeness (QED) is 0.569. The van der Waals surface area contributed by atoms with Crippen molar-refractivity contribution < 1.29 is 8.42 Å². The molecule has 0 radical (unpaired) electrons. The van der Waals surface area contributed by atoms with E-state index in [9.17, 15) is 0 Å². The van der Waals surface area contributed by atoms with E-state index in [2.05, 4.69) is 28.3 Å². The molecule has 0 aromatic rings. The average Bonchev–Trinajstić information content (AvgIpc) is 1.56. The molecule has 0 unspecified atom stereocenters. The lowest BCUT2D eigenvalue weighted by molar-refractivity contribution is 0.346. The number of halogens is 2. The van der Waals surface area contributed by atoms with Gasteiger partial charge in [-0.25, -0.2) is 0 Å². The fourth-order valence-corrected chi connectivity index (χ4v) is 0.612. The van der Waals surface area contributed by atoms with Crippen LogP contribution in [0.5, 0.6) is 0 Å². The maximum atomic E-state index is 9.16. The highest BCUT2D eigenvalue weighted by atomic mass is 36.0. The third kappa shape index (κ3) is 11.3. The molecule has 0 spiro atoms. The molecule has 0 saturated heterocycles. The lowest BCUT2D eigenvalue weighted by atomic mass is 9.88. The summed E-state index contributed by atoms with van der Waals surface area (Å²) in [4.78, 5) is 0. The Morgan fingerprint density at radius 3 is 1.50 bits per heavy atom. The minimum Gasteiger partial charge on any atom is -0.195 e. The van der Waals surface area contributed by atoms with Crippen LogP contribution in [0.2, 0.25) is 0 Å². The molecule has 0 aromatic heterocycles. The topological polar surface area (TPSA) is 34.1 Å². The Bertz CT molecular complexity index is 164. The van der Waals surface area contributed by atoms with Crippen LogP contribution in [0.1, 0.15) is 26.2 Å². The SMILES string of the molecule is CC1CCC1.O=S(=O)(Cl)Cl. The first-order chi connectivity index (χ1) is 4.39. The van der Waals surface area contributed by atoms with Crippen molar-refractivity contribution in [1.82, 2.24) is 0 Å². The van der Waals surface area contributed by atoms with E-state index in [4.69, 9.17) is 8.42 Å². The van der Waals surface area contributed by atoms with Gasteiger partial charge in [0.2, 0.25) is 0 Å². The summed E-state index contributed by atoms with van der Waals surface area (Å²) in [5.74, 6) is 1.06.